The third kappa shape index (κ3) is 3.83. The molecule has 4 heterocycles. The molecule has 1 fully saturated rings. The number of nitrogens with zero attached hydrogens (tertiary/aromatic N) is 6. The lowest BCUT2D eigenvalue weighted by Crippen LogP contribution is -2.21. The molecule has 1 aromatic carbocycles. The molecule has 1 saturated heterocycles. The number of aryl methyl sites for hydroxylation is 1. The molecule has 0 saturated carbocycles. The van der Waals surface area contributed by atoms with Gasteiger partial charge in [0, 0.05) is 61.7 Å². The topological polar surface area (TPSA) is 69.0 Å². The molecule has 0 amide bonds. The number of rotatable bonds is 5. The molecule has 5 rings (SSSR count). The van der Waals surface area contributed by atoms with E-state index in [9.17, 15) is 0 Å². The lowest BCUT2D eigenvalue weighted by Gasteiger charge is -2.18. The van der Waals surface area contributed by atoms with E-state index in [2.05, 4.69) is 39.0 Å². The second kappa shape index (κ2) is 7.98. The Kier molecular flexibility index (Phi) is 5.02. The Morgan fingerprint density at radius 2 is 2.03 bits per heavy atom. The number of methoxy groups -OCH3 is 1. The second-order valence-corrected chi connectivity index (χ2v) is 8.30. The van der Waals surface area contributed by atoms with Crippen LogP contribution in [0.2, 0.25) is 0 Å². The van der Waals surface area contributed by atoms with Crippen LogP contribution in [0.25, 0.3) is 22.0 Å². The number of ether oxygens (including phenoxy) is 1. The molecule has 1 aliphatic heterocycles. The van der Waals surface area contributed by atoms with Gasteiger partial charge in [0.25, 0.3) is 0 Å². The van der Waals surface area contributed by atoms with Crippen LogP contribution in [-0.2, 0) is 13.5 Å². The van der Waals surface area contributed by atoms with Crippen molar-refractivity contribution in [3.8, 4) is 16.9 Å². The highest BCUT2D eigenvalue weighted by Crippen LogP contribution is 2.30. The zero-order valence-electron chi connectivity index (χ0n) is 18.1. The average molecular weight is 415 g/mol. The fourth-order valence-electron chi connectivity index (χ4n) is 4.23. The smallest absolute Gasteiger partial charge is 0.155 e. The van der Waals surface area contributed by atoms with Crippen LogP contribution in [0.1, 0.15) is 24.7 Å². The van der Waals surface area contributed by atoms with Crippen molar-refractivity contribution in [3.63, 3.8) is 0 Å². The van der Waals surface area contributed by atoms with Gasteiger partial charge in [-0.15, -0.1) is 0 Å². The maximum atomic E-state index is 5.69. The van der Waals surface area contributed by atoms with Gasteiger partial charge in [0.2, 0.25) is 0 Å². The molecule has 0 radical (unpaired) electrons. The highest BCUT2D eigenvalue weighted by molar-refractivity contribution is 5.88. The first-order valence-electron chi connectivity index (χ1n) is 10.6. The Morgan fingerprint density at radius 1 is 1.13 bits per heavy atom. The van der Waals surface area contributed by atoms with E-state index < -0.39 is 0 Å². The number of pyridine rings is 1. The maximum absolute atomic E-state index is 5.69. The summed E-state index contributed by atoms with van der Waals surface area (Å²) < 4.78 is 7.48. The Hall–Kier alpha value is -3.48. The molecule has 7 nitrogen and oxygen atoms in total. The minimum Gasteiger partial charge on any atom is -0.496 e. The predicted molar refractivity (Wildman–Crippen MR) is 121 cm³/mol. The van der Waals surface area contributed by atoms with Crippen LogP contribution in [0.3, 0.4) is 0 Å². The first kappa shape index (κ1) is 19.5. The number of fused-ring (bicyclic) bond motifs is 1. The first-order valence-corrected chi connectivity index (χ1v) is 10.6. The molecule has 1 atom stereocenters. The average Bonchev–Trinajstić information content (AvgIpc) is 3.42. The highest BCUT2D eigenvalue weighted by atomic mass is 16.5. The van der Waals surface area contributed by atoms with E-state index in [1.807, 2.05) is 44.0 Å². The van der Waals surface area contributed by atoms with Crippen LogP contribution in [-0.4, -0.2) is 44.9 Å². The Balaban J connectivity index is 1.47. The lowest BCUT2D eigenvalue weighted by atomic mass is 10.0. The Bertz CT molecular complexity index is 1230. The number of benzene rings is 1. The van der Waals surface area contributed by atoms with E-state index in [0.29, 0.717) is 12.3 Å². The molecule has 4 aromatic rings. The first-order chi connectivity index (χ1) is 15.1. The largest absolute Gasteiger partial charge is 0.496 e. The number of anilines is 1. The fraction of sp³-hybridized carbons (Fsp3) is 0.333. The van der Waals surface area contributed by atoms with Crippen LogP contribution in [0.15, 0.2) is 49.1 Å². The minimum atomic E-state index is 0.594. The maximum Gasteiger partial charge on any atom is 0.155 e. The van der Waals surface area contributed by atoms with Gasteiger partial charge in [0.1, 0.15) is 17.1 Å². The molecule has 7 heteroatoms. The fourth-order valence-corrected chi connectivity index (χ4v) is 4.23. The van der Waals surface area contributed by atoms with E-state index in [-0.39, 0.29) is 0 Å². The molecule has 0 bridgehead atoms. The SMILES string of the molecule is COc1cc(-c2cnn(C)c2)ccc1Cc1ncc2ccnc(N3CCC(C)C3)c2n1. The number of hydrogen-bond donors (Lipinski definition) is 0. The molecule has 0 aliphatic carbocycles. The van der Waals surface area contributed by atoms with Crippen molar-refractivity contribution in [1.82, 2.24) is 24.7 Å². The van der Waals surface area contributed by atoms with Gasteiger partial charge in [0.05, 0.1) is 13.3 Å². The number of hydrogen-bond acceptors (Lipinski definition) is 6. The number of aromatic nitrogens is 5. The van der Waals surface area contributed by atoms with Gasteiger partial charge in [-0.3, -0.25) is 4.68 Å². The van der Waals surface area contributed by atoms with Crippen LogP contribution < -0.4 is 9.64 Å². The standard InChI is InChI=1S/C24H26N6O/c1-16-7-9-30(14-16)24-23-19(6-8-25-24)12-26-22(28-23)11-18-5-4-17(10-21(18)31-3)20-13-27-29(2)15-20/h4-6,8,10,12-13,15-16H,7,9,11,14H2,1-3H3. The summed E-state index contributed by atoms with van der Waals surface area (Å²) in [5, 5.41) is 5.28. The van der Waals surface area contributed by atoms with Crippen molar-refractivity contribution in [2.24, 2.45) is 13.0 Å². The monoisotopic (exact) mass is 414 g/mol. The molecule has 0 spiro atoms. The minimum absolute atomic E-state index is 0.594. The van der Waals surface area contributed by atoms with Gasteiger partial charge in [-0.05, 0) is 30.0 Å². The summed E-state index contributed by atoms with van der Waals surface area (Å²) in [7, 11) is 3.61. The summed E-state index contributed by atoms with van der Waals surface area (Å²) in [6, 6.07) is 8.20. The predicted octanol–water partition coefficient (Wildman–Crippen LogP) is 3.87. The van der Waals surface area contributed by atoms with Gasteiger partial charge < -0.3 is 9.64 Å². The normalized spacial score (nSPS) is 16.2. The zero-order chi connectivity index (χ0) is 21.4. The van der Waals surface area contributed by atoms with Crippen LogP contribution >= 0.6 is 0 Å². The third-order valence-corrected chi connectivity index (χ3v) is 5.93. The summed E-state index contributed by atoms with van der Waals surface area (Å²) in [5.74, 6) is 3.23. The zero-order valence-corrected chi connectivity index (χ0v) is 18.1. The second-order valence-electron chi connectivity index (χ2n) is 8.30. The molecular weight excluding hydrogens is 388 g/mol. The Morgan fingerprint density at radius 3 is 2.77 bits per heavy atom. The van der Waals surface area contributed by atoms with Gasteiger partial charge >= 0.3 is 0 Å². The molecule has 1 aliphatic rings. The van der Waals surface area contributed by atoms with Crippen molar-refractivity contribution in [3.05, 3.63) is 60.4 Å². The summed E-state index contributed by atoms with van der Waals surface area (Å²) in [6.07, 6.45) is 9.39. The molecule has 3 aromatic heterocycles. The van der Waals surface area contributed by atoms with E-state index in [0.717, 1.165) is 58.1 Å². The van der Waals surface area contributed by atoms with Crippen molar-refractivity contribution in [2.75, 3.05) is 25.1 Å². The van der Waals surface area contributed by atoms with Crippen molar-refractivity contribution < 1.29 is 4.74 Å². The molecule has 0 N–H and O–H groups in total. The molecule has 1 unspecified atom stereocenters. The van der Waals surface area contributed by atoms with E-state index in [4.69, 9.17) is 9.72 Å². The van der Waals surface area contributed by atoms with Gasteiger partial charge in [-0.2, -0.15) is 5.10 Å². The Labute approximate surface area is 181 Å². The summed E-state index contributed by atoms with van der Waals surface area (Å²) in [6.45, 7) is 4.33. The molecular formula is C24H26N6O. The van der Waals surface area contributed by atoms with E-state index >= 15 is 0 Å². The van der Waals surface area contributed by atoms with Crippen molar-refractivity contribution in [2.45, 2.75) is 19.8 Å². The van der Waals surface area contributed by atoms with Gasteiger partial charge in [0.15, 0.2) is 5.82 Å². The van der Waals surface area contributed by atoms with Crippen LogP contribution in [0, 0.1) is 5.92 Å². The summed E-state index contributed by atoms with van der Waals surface area (Å²) >= 11 is 0. The van der Waals surface area contributed by atoms with Crippen molar-refractivity contribution in [1.29, 1.82) is 0 Å². The molecule has 31 heavy (non-hydrogen) atoms. The molecule has 158 valence electrons. The summed E-state index contributed by atoms with van der Waals surface area (Å²) in [5.41, 5.74) is 4.11. The lowest BCUT2D eigenvalue weighted by molar-refractivity contribution is 0.410. The van der Waals surface area contributed by atoms with Crippen LogP contribution in [0.5, 0.6) is 5.75 Å². The van der Waals surface area contributed by atoms with E-state index in [1.54, 1.807) is 11.8 Å². The van der Waals surface area contributed by atoms with Gasteiger partial charge in [-0.25, -0.2) is 15.0 Å². The van der Waals surface area contributed by atoms with Crippen LogP contribution in [0.4, 0.5) is 5.82 Å². The highest BCUT2D eigenvalue weighted by Gasteiger charge is 2.22. The quantitative estimate of drug-likeness (QED) is 0.494. The van der Waals surface area contributed by atoms with Crippen molar-refractivity contribution >= 4 is 16.7 Å². The van der Waals surface area contributed by atoms with E-state index in [1.165, 1.54) is 6.42 Å². The third-order valence-electron chi connectivity index (χ3n) is 5.93. The summed E-state index contributed by atoms with van der Waals surface area (Å²) in [4.78, 5) is 16.5. The van der Waals surface area contributed by atoms with Gasteiger partial charge in [-0.1, -0.05) is 19.1 Å².